The fraction of sp³-hybridized carbons (Fsp3) is 0.333. The Labute approximate surface area is 149 Å². The van der Waals surface area contributed by atoms with E-state index in [0.29, 0.717) is 24.2 Å². The summed E-state index contributed by atoms with van der Waals surface area (Å²) in [6.07, 6.45) is 0. The minimum atomic E-state index is -0.400. The van der Waals surface area contributed by atoms with Crippen LogP contribution in [0, 0.1) is 0 Å². The van der Waals surface area contributed by atoms with Crippen LogP contribution in [0.1, 0.15) is 58.5 Å². The summed E-state index contributed by atoms with van der Waals surface area (Å²) in [5, 5.41) is 0. The Balaban J connectivity index is 2.55. The number of amides is 1. The fourth-order valence-corrected chi connectivity index (χ4v) is 2.96. The SMILES string of the molecule is CCN(CC)C(=O)c1ccc(C(=O)OC)cc1C(C)c1ccccc1. The van der Waals surface area contributed by atoms with Crippen molar-refractivity contribution in [2.45, 2.75) is 26.7 Å². The zero-order valence-electron chi connectivity index (χ0n) is 15.3. The van der Waals surface area contributed by atoms with E-state index in [9.17, 15) is 9.59 Å². The van der Waals surface area contributed by atoms with Gasteiger partial charge in [0, 0.05) is 24.6 Å². The van der Waals surface area contributed by atoms with E-state index in [2.05, 4.69) is 0 Å². The molecule has 4 nitrogen and oxygen atoms in total. The second-order valence-electron chi connectivity index (χ2n) is 5.90. The van der Waals surface area contributed by atoms with Crippen LogP contribution in [0.3, 0.4) is 0 Å². The average molecular weight is 339 g/mol. The van der Waals surface area contributed by atoms with Crippen molar-refractivity contribution in [1.29, 1.82) is 0 Å². The monoisotopic (exact) mass is 339 g/mol. The van der Waals surface area contributed by atoms with Crippen LogP contribution in [0.4, 0.5) is 0 Å². The van der Waals surface area contributed by atoms with Gasteiger partial charge in [0.05, 0.1) is 12.7 Å². The van der Waals surface area contributed by atoms with E-state index in [-0.39, 0.29) is 11.8 Å². The highest BCUT2D eigenvalue weighted by Gasteiger charge is 2.22. The quantitative estimate of drug-likeness (QED) is 0.744. The maximum atomic E-state index is 12.9. The highest BCUT2D eigenvalue weighted by molar-refractivity contribution is 5.98. The predicted octanol–water partition coefficient (Wildman–Crippen LogP) is 4.11. The van der Waals surface area contributed by atoms with E-state index in [1.165, 1.54) is 7.11 Å². The van der Waals surface area contributed by atoms with Gasteiger partial charge in [-0.05, 0) is 43.2 Å². The molecule has 2 aromatic rings. The molecule has 0 bridgehead atoms. The van der Waals surface area contributed by atoms with Crippen molar-refractivity contribution >= 4 is 11.9 Å². The van der Waals surface area contributed by atoms with Gasteiger partial charge in [-0.25, -0.2) is 4.79 Å². The Hall–Kier alpha value is -2.62. The van der Waals surface area contributed by atoms with Crippen LogP contribution in [-0.4, -0.2) is 37.0 Å². The van der Waals surface area contributed by atoms with E-state index in [1.807, 2.05) is 51.1 Å². The molecule has 132 valence electrons. The van der Waals surface area contributed by atoms with Crippen LogP contribution >= 0.6 is 0 Å². The van der Waals surface area contributed by atoms with Crippen LogP contribution in [0.15, 0.2) is 48.5 Å². The molecule has 0 saturated heterocycles. The first-order valence-electron chi connectivity index (χ1n) is 8.59. The molecular formula is C21H25NO3. The van der Waals surface area contributed by atoms with Crippen molar-refractivity contribution in [3.63, 3.8) is 0 Å². The third kappa shape index (κ3) is 4.08. The number of benzene rings is 2. The van der Waals surface area contributed by atoms with Crippen LogP contribution in [0.25, 0.3) is 0 Å². The fourth-order valence-electron chi connectivity index (χ4n) is 2.96. The smallest absolute Gasteiger partial charge is 0.337 e. The van der Waals surface area contributed by atoms with E-state index >= 15 is 0 Å². The summed E-state index contributed by atoms with van der Waals surface area (Å²) in [5.41, 5.74) is 3.02. The van der Waals surface area contributed by atoms with Crippen molar-refractivity contribution in [1.82, 2.24) is 4.90 Å². The number of nitrogens with zero attached hydrogens (tertiary/aromatic N) is 1. The van der Waals surface area contributed by atoms with Gasteiger partial charge < -0.3 is 9.64 Å². The molecule has 25 heavy (non-hydrogen) atoms. The van der Waals surface area contributed by atoms with Gasteiger partial charge in [-0.1, -0.05) is 37.3 Å². The zero-order valence-corrected chi connectivity index (χ0v) is 15.3. The first-order chi connectivity index (χ1) is 12.0. The molecule has 1 amide bonds. The number of carbonyl (C=O) groups is 2. The summed E-state index contributed by atoms with van der Waals surface area (Å²) in [7, 11) is 1.36. The summed E-state index contributed by atoms with van der Waals surface area (Å²) in [4.78, 5) is 26.6. The third-order valence-electron chi connectivity index (χ3n) is 4.52. The van der Waals surface area contributed by atoms with Crippen molar-refractivity contribution < 1.29 is 14.3 Å². The summed E-state index contributed by atoms with van der Waals surface area (Å²) >= 11 is 0. The molecule has 0 fully saturated rings. The molecule has 0 heterocycles. The standard InChI is InChI=1S/C21H25NO3/c1-5-22(6-2)20(23)18-13-12-17(21(24)25-4)14-19(18)15(3)16-10-8-7-9-11-16/h7-15H,5-6H2,1-4H3. The minimum Gasteiger partial charge on any atom is -0.465 e. The lowest BCUT2D eigenvalue weighted by molar-refractivity contribution is 0.0599. The van der Waals surface area contributed by atoms with Gasteiger partial charge in [-0.2, -0.15) is 0 Å². The number of carbonyl (C=O) groups excluding carboxylic acids is 2. The molecule has 0 aliphatic rings. The number of hydrogen-bond donors (Lipinski definition) is 0. The van der Waals surface area contributed by atoms with Crippen LogP contribution < -0.4 is 0 Å². The van der Waals surface area contributed by atoms with Gasteiger partial charge in [0.1, 0.15) is 0 Å². The first kappa shape index (κ1) is 18.7. The minimum absolute atomic E-state index is 0.0136. The number of esters is 1. The van der Waals surface area contributed by atoms with E-state index in [4.69, 9.17) is 4.74 Å². The number of rotatable bonds is 6. The molecule has 1 unspecified atom stereocenters. The summed E-state index contributed by atoms with van der Waals surface area (Å²) in [6, 6.07) is 15.1. The van der Waals surface area contributed by atoms with E-state index in [0.717, 1.165) is 11.1 Å². The highest BCUT2D eigenvalue weighted by Crippen LogP contribution is 2.29. The number of methoxy groups -OCH3 is 1. The maximum absolute atomic E-state index is 12.9. The van der Waals surface area contributed by atoms with Crippen molar-refractivity contribution in [2.24, 2.45) is 0 Å². The predicted molar refractivity (Wildman–Crippen MR) is 99.0 cm³/mol. The summed E-state index contributed by atoms with van der Waals surface area (Å²) in [6.45, 7) is 7.26. The van der Waals surface area contributed by atoms with Crippen molar-refractivity contribution in [3.8, 4) is 0 Å². The third-order valence-corrected chi connectivity index (χ3v) is 4.52. The first-order valence-corrected chi connectivity index (χ1v) is 8.59. The maximum Gasteiger partial charge on any atom is 0.337 e. The summed E-state index contributed by atoms with van der Waals surface area (Å²) < 4.78 is 4.83. The highest BCUT2D eigenvalue weighted by atomic mass is 16.5. The second kappa shape index (κ2) is 8.47. The van der Waals surface area contributed by atoms with E-state index < -0.39 is 5.97 Å². The molecule has 0 radical (unpaired) electrons. The molecule has 0 spiro atoms. The Morgan fingerprint density at radius 2 is 1.68 bits per heavy atom. The Morgan fingerprint density at radius 3 is 2.24 bits per heavy atom. The van der Waals surface area contributed by atoms with Crippen LogP contribution in [0.2, 0.25) is 0 Å². The van der Waals surface area contributed by atoms with Crippen molar-refractivity contribution in [2.75, 3.05) is 20.2 Å². The van der Waals surface area contributed by atoms with Gasteiger partial charge in [-0.15, -0.1) is 0 Å². The largest absolute Gasteiger partial charge is 0.465 e. The normalized spacial score (nSPS) is 11.7. The van der Waals surface area contributed by atoms with Gasteiger partial charge in [0.2, 0.25) is 0 Å². The van der Waals surface area contributed by atoms with E-state index in [1.54, 1.807) is 23.1 Å². The molecule has 0 aliphatic carbocycles. The lowest BCUT2D eigenvalue weighted by Gasteiger charge is -2.23. The molecule has 0 aromatic heterocycles. The topological polar surface area (TPSA) is 46.6 Å². The molecule has 2 rings (SSSR count). The van der Waals surface area contributed by atoms with Gasteiger partial charge in [0.25, 0.3) is 5.91 Å². The lowest BCUT2D eigenvalue weighted by atomic mass is 9.88. The van der Waals surface area contributed by atoms with Crippen LogP contribution in [-0.2, 0) is 4.74 Å². The molecule has 0 N–H and O–H groups in total. The van der Waals surface area contributed by atoms with Crippen LogP contribution in [0.5, 0.6) is 0 Å². The van der Waals surface area contributed by atoms with Gasteiger partial charge >= 0.3 is 5.97 Å². The Bertz CT molecular complexity index is 736. The average Bonchev–Trinajstić information content (AvgIpc) is 2.67. The Morgan fingerprint density at radius 1 is 1.04 bits per heavy atom. The number of ether oxygens (including phenoxy) is 1. The number of hydrogen-bond acceptors (Lipinski definition) is 3. The summed E-state index contributed by atoms with van der Waals surface area (Å²) in [5.74, 6) is -0.428. The lowest BCUT2D eigenvalue weighted by Crippen LogP contribution is -2.31. The molecule has 0 aliphatic heterocycles. The van der Waals surface area contributed by atoms with Gasteiger partial charge in [0.15, 0.2) is 0 Å². The van der Waals surface area contributed by atoms with Gasteiger partial charge in [-0.3, -0.25) is 4.79 Å². The molecule has 4 heteroatoms. The zero-order chi connectivity index (χ0) is 18.4. The molecule has 0 saturated carbocycles. The Kier molecular flexibility index (Phi) is 6.34. The second-order valence-corrected chi connectivity index (χ2v) is 5.90. The molecular weight excluding hydrogens is 314 g/mol. The molecule has 2 aromatic carbocycles. The molecule has 1 atom stereocenters. The van der Waals surface area contributed by atoms with Crippen molar-refractivity contribution in [3.05, 3.63) is 70.8 Å².